The standard InChI is InChI=1S/C18H18N2O.ClH/c1-12-4-6-14(7-5-12)20-18-10-13(2)19-17-9-8-15(21-3)11-16(17)18;/h4-11H,1-3H3,(H,19,20);1H. The summed E-state index contributed by atoms with van der Waals surface area (Å²) in [6.45, 7) is 4.09. The van der Waals surface area contributed by atoms with Crippen molar-refractivity contribution in [3.05, 3.63) is 59.8 Å². The van der Waals surface area contributed by atoms with Crippen molar-refractivity contribution in [3.8, 4) is 5.75 Å². The third kappa shape index (κ3) is 3.31. The molecule has 22 heavy (non-hydrogen) atoms. The van der Waals surface area contributed by atoms with E-state index in [1.807, 2.05) is 25.1 Å². The van der Waals surface area contributed by atoms with Gasteiger partial charge in [0.15, 0.2) is 0 Å². The molecule has 1 N–H and O–H groups in total. The highest BCUT2D eigenvalue weighted by atomic mass is 35.5. The molecule has 1 heterocycles. The maximum atomic E-state index is 5.32. The zero-order valence-electron chi connectivity index (χ0n) is 12.9. The lowest BCUT2D eigenvalue weighted by atomic mass is 10.1. The molecule has 0 aliphatic carbocycles. The van der Waals surface area contributed by atoms with E-state index < -0.39 is 0 Å². The summed E-state index contributed by atoms with van der Waals surface area (Å²) < 4.78 is 5.32. The number of hydrogen-bond acceptors (Lipinski definition) is 3. The topological polar surface area (TPSA) is 34.1 Å². The van der Waals surface area contributed by atoms with E-state index in [-0.39, 0.29) is 12.4 Å². The van der Waals surface area contributed by atoms with Gasteiger partial charge in [0.2, 0.25) is 0 Å². The first-order valence-corrected chi connectivity index (χ1v) is 6.95. The number of aryl methyl sites for hydroxylation is 2. The molecule has 114 valence electrons. The van der Waals surface area contributed by atoms with E-state index in [2.05, 4.69) is 47.6 Å². The van der Waals surface area contributed by atoms with Crippen LogP contribution in [-0.2, 0) is 0 Å². The molecule has 0 radical (unpaired) electrons. The zero-order valence-corrected chi connectivity index (χ0v) is 13.7. The summed E-state index contributed by atoms with van der Waals surface area (Å²) in [7, 11) is 1.68. The van der Waals surface area contributed by atoms with E-state index in [1.54, 1.807) is 7.11 Å². The Morgan fingerprint density at radius 2 is 1.68 bits per heavy atom. The van der Waals surface area contributed by atoms with Crippen LogP contribution in [0.15, 0.2) is 48.5 Å². The first kappa shape index (κ1) is 16.1. The molecule has 0 atom stereocenters. The Morgan fingerprint density at radius 3 is 2.36 bits per heavy atom. The van der Waals surface area contributed by atoms with Crippen LogP contribution in [0.25, 0.3) is 10.9 Å². The van der Waals surface area contributed by atoms with E-state index in [9.17, 15) is 0 Å². The monoisotopic (exact) mass is 314 g/mol. The van der Waals surface area contributed by atoms with Crippen LogP contribution in [0.2, 0.25) is 0 Å². The number of rotatable bonds is 3. The summed E-state index contributed by atoms with van der Waals surface area (Å²) in [5.74, 6) is 0.833. The maximum Gasteiger partial charge on any atom is 0.119 e. The minimum absolute atomic E-state index is 0. The van der Waals surface area contributed by atoms with Gasteiger partial charge in [0.25, 0.3) is 0 Å². The van der Waals surface area contributed by atoms with Gasteiger partial charge in [0.1, 0.15) is 5.75 Å². The second kappa shape index (κ2) is 6.67. The Labute approximate surface area is 136 Å². The van der Waals surface area contributed by atoms with Gasteiger partial charge in [-0.3, -0.25) is 4.98 Å². The highest BCUT2D eigenvalue weighted by molar-refractivity contribution is 5.94. The van der Waals surface area contributed by atoms with Crippen molar-refractivity contribution >= 4 is 34.7 Å². The van der Waals surface area contributed by atoms with Crippen molar-refractivity contribution < 1.29 is 4.74 Å². The molecule has 0 unspecified atom stereocenters. The summed E-state index contributed by atoms with van der Waals surface area (Å²) in [5.41, 5.74) is 5.31. The number of ether oxygens (including phenoxy) is 1. The molecule has 4 heteroatoms. The third-order valence-electron chi connectivity index (χ3n) is 3.47. The fourth-order valence-corrected chi connectivity index (χ4v) is 2.36. The Hall–Kier alpha value is -2.26. The summed E-state index contributed by atoms with van der Waals surface area (Å²) in [6.07, 6.45) is 0. The normalized spacial score (nSPS) is 10.1. The highest BCUT2D eigenvalue weighted by Gasteiger charge is 2.06. The summed E-state index contributed by atoms with van der Waals surface area (Å²) >= 11 is 0. The lowest BCUT2D eigenvalue weighted by Gasteiger charge is -2.12. The molecule has 0 fully saturated rings. The molecule has 3 aromatic rings. The number of methoxy groups -OCH3 is 1. The zero-order chi connectivity index (χ0) is 14.8. The maximum absolute atomic E-state index is 5.32. The van der Waals surface area contributed by atoms with Crippen LogP contribution >= 0.6 is 12.4 Å². The molecule has 3 nitrogen and oxygen atoms in total. The number of benzene rings is 2. The Bertz CT molecular complexity index is 785. The number of fused-ring (bicyclic) bond motifs is 1. The van der Waals surface area contributed by atoms with Gasteiger partial charge in [-0.25, -0.2) is 0 Å². The number of halogens is 1. The van der Waals surface area contributed by atoms with Crippen molar-refractivity contribution in [2.75, 3.05) is 12.4 Å². The van der Waals surface area contributed by atoms with Gasteiger partial charge in [-0.2, -0.15) is 0 Å². The van der Waals surface area contributed by atoms with E-state index >= 15 is 0 Å². The molecule has 3 rings (SSSR count). The molecule has 2 aromatic carbocycles. The lowest BCUT2D eigenvalue weighted by Crippen LogP contribution is -1.95. The van der Waals surface area contributed by atoms with Crippen molar-refractivity contribution in [2.45, 2.75) is 13.8 Å². The van der Waals surface area contributed by atoms with Crippen LogP contribution in [0.3, 0.4) is 0 Å². The molecule has 0 bridgehead atoms. The predicted octanol–water partition coefficient (Wildman–Crippen LogP) is 5.03. The van der Waals surface area contributed by atoms with Crippen LogP contribution < -0.4 is 10.1 Å². The highest BCUT2D eigenvalue weighted by Crippen LogP contribution is 2.29. The van der Waals surface area contributed by atoms with Crippen LogP contribution in [0.1, 0.15) is 11.3 Å². The van der Waals surface area contributed by atoms with Gasteiger partial charge in [-0.1, -0.05) is 17.7 Å². The van der Waals surface area contributed by atoms with Crippen molar-refractivity contribution in [1.82, 2.24) is 4.98 Å². The Balaban J connectivity index is 0.00000176. The van der Waals surface area contributed by atoms with E-state index in [0.29, 0.717) is 0 Å². The number of pyridine rings is 1. The van der Waals surface area contributed by atoms with Gasteiger partial charge in [-0.15, -0.1) is 12.4 Å². The number of nitrogens with one attached hydrogen (secondary N) is 1. The SMILES string of the molecule is COc1ccc2nc(C)cc(Nc3ccc(C)cc3)c2c1.Cl. The van der Waals surface area contributed by atoms with Crippen molar-refractivity contribution in [1.29, 1.82) is 0 Å². The fourth-order valence-electron chi connectivity index (χ4n) is 2.36. The molecule has 0 amide bonds. The molecule has 0 aliphatic rings. The Kier molecular flexibility index (Phi) is 4.88. The molecule has 0 saturated heterocycles. The largest absolute Gasteiger partial charge is 0.497 e. The van der Waals surface area contributed by atoms with Gasteiger partial charge in [0, 0.05) is 22.5 Å². The first-order valence-electron chi connectivity index (χ1n) is 6.95. The van der Waals surface area contributed by atoms with Gasteiger partial charge in [-0.05, 0) is 50.2 Å². The van der Waals surface area contributed by atoms with Crippen LogP contribution in [-0.4, -0.2) is 12.1 Å². The molecule has 1 aromatic heterocycles. The second-order valence-corrected chi connectivity index (χ2v) is 5.19. The average Bonchev–Trinajstić information content (AvgIpc) is 2.49. The minimum Gasteiger partial charge on any atom is -0.497 e. The van der Waals surface area contributed by atoms with Gasteiger partial charge >= 0.3 is 0 Å². The quantitative estimate of drug-likeness (QED) is 0.736. The lowest BCUT2D eigenvalue weighted by molar-refractivity contribution is 0.415. The third-order valence-corrected chi connectivity index (χ3v) is 3.47. The van der Waals surface area contributed by atoms with Crippen molar-refractivity contribution in [3.63, 3.8) is 0 Å². The van der Waals surface area contributed by atoms with Crippen molar-refractivity contribution in [2.24, 2.45) is 0 Å². The van der Waals surface area contributed by atoms with E-state index in [1.165, 1.54) is 5.56 Å². The smallest absolute Gasteiger partial charge is 0.119 e. The second-order valence-electron chi connectivity index (χ2n) is 5.19. The number of anilines is 2. The summed E-state index contributed by atoms with van der Waals surface area (Å²) in [4.78, 5) is 4.57. The van der Waals surface area contributed by atoms with Crippen LogP contribution in [0.4, 0.5) is 11.4 Å². The molecular formula is C18H19ClN2O. The number of aromatic nitrogens is 1. The summed E-state index contributed by atoms with van der Waals surface area (Å²) in [6, 6.07) is 16.3. The number of hydrogen-bond donors (Lipinski definition) is 1. The van der Waals surface area contributed by atoms with E-state index in [0.717, 1.165) is 33.7 Å². The van der Waals surface area contributed by atoms with Gasteiger partial charge < -0.3 is 10.1 Å². The van der Waals surface area contributed by atoms with Crippen LogP contribution in [0.5, 0.6) is 5.75 Å². The fraction of sp³-hybridized carbons (Fsp3) is 0.167. The minimum atomic E-state index is 0. The summed E-state index contributed by atoms with van der Waals surface area (Å²) in [5, 5.41) is 4.53. The van der Waals surface area contributed by atoms with Crippen LogP contribution in [0, 0.1) is 13.8 Å². The van der Waals surface area contributed by atoms with Gasteiger partial charge in [0.05, 0.1) is 12.6 Å². The van der Waals surface area contributed by atoms with E-state index in [4.69, 9.17) is 4.74 Å². The molecule has 0 saturated carbocycles. The Morgan fingerprint density at radius 1 is 0.955 bits per heavy atom. The average molecular weight is 315 g/mol. The molecule has 0 spiro atoms. The molecule has 0 aliphatic heterocycles. The predicted molar refractivity (Wildman–Crippen MR) is 94.7 cm³/mol. The molecular weight excluding hydrogens is 296 g/mol. The first-order chi connectivity index (χ1) is 10.2. The number of nitrogens with zero attached hydrogens (tertiary/aromatic N) is 1.